The molecule has 0 saturated carbocycles. The minimum Gasteiger partial charge on any atom is -0.480 e. The van der Waals surface area contributed by atoms with Crippen molar-refractivity contribution in [1.29, 1.82) is 0 Å². The van der Waals surface area contributed by atoms with E-state index in [2.05, 4.69) is 25.2 Å². The molecule has 8 heteroatoms. The Hall–Kier alpha value is -2.48. The second-order valence-corrected chi connectivity index (χ2v) is 6.12. The Morgan fingerprint density at radius 1 is 1.25 bits per heavy atom. The van der Waals surface area contributed by atoms with Gasteiger partial charge in [0.25, 0.3) is 0 Å². The van der Waals surface area contributed by atoms with Crippen molar-refractivity contribution in [2.24, 2.45) is 0 Å². The summed E-state index contributed by atoms with van der Waals surface area (Å²) in [5.74, 6) is 3.47. The molecular formula is C16H20N6O2. The maximum absolute atomic E-state index is 5.57. The number of ether oxygens (including phenoxy) is 1. The molecule has 0 unspecified atom stereocenters. The zero-order valence-electron chi connectivity index (χ0n) is 13.8. The van der Waals surface area contributed by atoms with Crippen LogP contribution in [0.1, 0.15) is 36.2 Å². The molecule has 4 rings (SSSR count). The van der Waals surface area contributed by atoms with Gasteiger partial charge in [-0.3, -0.25) is 4.90 Å². The summed E-state index contributed by atoms with van der Waals surface area (Å²) in [6, 6.07) is 3.68. The van der Waals surface area contributed by atoms with E-state index in [1.165, 1.54) is 0 Å². The van der Waals surface area contributed by atoms with Crippen LogP contribution in [0.25, 0.3) is 5.65 Å². The lowest BCUT2D eigenvalue weighted by Crippen LogP contribution is -2.33. The SMILES string of the molecule is COc1ccc2nnc(C3CCN(Cc4ncc(C)o4)CC3)n2n1. The molecule has 1 saturated heterocycles. The minimum absolute atomic E-state index is 0.349. The third-order valence-corrected chi connectivity index (χ3v) is 4.45. The van der Waals surface area contributed by atoms with Crippen LogP contribution in [0.5, 0.6) is 5.88 Å². The van der Waals surface area contributed by atoms with Crippen LogP contribution < -0.4 is 4.74 Å². The fourth-order valence-corrected chi connectivity index (χ4v) is 3.17. The fourth-order valence-electron chi connectivity index (χ4n) is 3.17. The van der Waals surface area contributed by atoms with Crippen LogP contribution in [0.3, 0.4) is 0 Å². The Balaban J connectivity index is 1.45. The molecule has 8 nitrogen and oxygen atoms in total. The average Bonchev–Trinajstić information content (AvgIpc) is 3.21. The summed E-state index contributed by atoms with van der Waals surface area (Å²) in [6.45, 7) is 4.63. The first kappa shape index (κ1) is 15.1. The Labute approximate surface area is 139 Å². The van der Waals surface area contributed by atoms with E-state index in [4.69, 9.17) is 9.15 Å². The number of aromatic nitrogens is 5. The van der Waals surface area contributed by atoms with Crippen molar-refractivity contribution >= 4 is 5.65 Å². The molecule has 4 heterocycles. The summed E-state index contributed by atoms with van der Waals surface area (Å²) in [5, 5.41) is 13.0. The number of hydrogen-bond acceptors (Lipinski definition) is 7. The molecule has 0 spiro atoms. The van der Waals surface area contributed by atoms with Crippen LogP contribution in [-0.4, -0.2) is 49.9 Å². The molecule has 24 heavy (non-hydrogen) atoms. The Bertz CT molecular complexity index is 834. The van der Waals surface area contributed by atoms with E-state index in [1.807, 2.05) is 13.0 Å². The van der Waals surface area contributed by atoms with Crippen LogP contribution in [-0.2, 0) is 6.54 Å². The van der Waals surface area contributed by atoms with Crippen molar-refractivity contribution in [1.82, 2.24) is 29.7 Å². The van der Waals surface area contributed by atoms with E-state index in [0.717, 1.165) is 55.6 Å². The summed E-state index contributed by atoms with van der Waals surface area (Å²) in [4.78, 5) is 6.64. The third-order valence-electron chi connectivity index (χ3n) is 4.45. The number of nitrogens with zero attached hydrogens (tertiary/aromatic N) is 6. The molecule has 0 amide bonds. The van der Waals surface area contributed by atoms with Gasteiger partial charge >= 0.3 is 0 Å². The van der Waals surface area contributed by atoms with E-state index >= 15 is 0 Å². The molecule has 3 aromatic heterocycles. The predicted octanol–water partition coefficient (Wildman–Crippen LogP) is 1.81. The van der Waals surface area contributed by atoms with E-state index in [0.29, 0.717) is 11.8 Å². The highest BCUT2D eigenvalue weighted by Gasteiger charge is 2.26. The first-order chi connectivity index (χ1) is 11.7. The number of hydrogen-bond donors (Lipinski definition) is 0. The van der Waals surface area contributed by atoms with Crippen LogP contribution in [0.15, 0.2) is 22.7 Å². The number of fused-ring (bicyclic) bond motifs is 1. The highest BCUT2D eigenvalue weighted by molar-refractivity contribution is 5.38. The maximum atomic E-state index is 5.57. The zero-order chi connectivity index (χ0) is 16.5. The lowest BCUT2D eigenvalue weighted by atomic mass is 9.96. The third kappa shape index (κ3) is 2.84. The minimum atomic E-state index is 0.349. The van der Waals surface area contributed by atoms with Gasteiger partial charge in [-0.25, -0.2) is 4.98 Å². The van der Waals surface area contributed by atoms with Crippen molar-refractivity contribution < 1.29 is 9.15 Å². The molecule has 0 bridgehead atoms. The van der Waals surface area contributed by atoms with Crippen molar-refractivity contribution in [2.75, 3.05) is 20.2 Å². The summed E-state index contributed by atoms with van der Waals surface area (Å²) in [5.41, 5.74) is 0.753. The van der Waals surface area contributed by atoms with E-state index < -0.39 is 0 Å². The van der Waals surface area contributed by atoms with E-state index in [1.54, 1.807) is 23.9 Å². The van der Waals surface area contributed by atoms with Gasteiger partial charge in [-0.1, -0.05) is 0 Å². The molecule has 1 fully saturated rings. The summed E-state index contributed by atoms with van der Waals surface area (Å²) in [6.07, 6.45) is 3.79. The zero-order valence-corrected chi connectivity index (χ0v) is 13.8. The first-order valence-corrected chi connectivity index (χ1v) is 8.13. The van der Waals surface area contributed by atoms with Gasteiger partial charge in [0.1, 0.15) is 5.76 Å². The normalized spacial score (nSPS) is 16.8. The Kier molecular flexibility index (Phi) is 3.89. The highest BCUT2D eigenvalue weighted by atomic mass is 16.5. The van der Waals surface area contributed by atoms with Crippen LogP contribution in [0.4, 0.5) is 0 Å². The van der Waals surface area contributed by atoms with E-state index in [9.17, 15) is 0 Å². The number of oxazole rings is 1. The maximum Gasteiger partial charge on any atom is 0.231 e. The average molecular weight is 328 g/mol. The number of likely N-dealkylation sites (tertiary alicyclic amines) is 1. The van der Waals surface area contributed by atoms with Crippen molar-refractivity contribution in [3.05, 3.63) is 35.8 Å². The number of piperidine rings is 1. The molecule has 0 N–H and O–H groups in total. The lowest BCUT2D eigenvalue weighted by molar-refractivity contribution is 0.183. The molecular weight excluding hydrogens is 308 g/mol. The van der Waals surface area contributed by atoms with Gasteiger partial charge < -0.3 is 9.15 Å². The molecule has 0 atom stereocenters. The van der Waals surface area contributed by atoms with E-state index in [-0.39, 0.29) is 0 Å². The molecule has 3 aromatic rings. The van der Waals surface area contributed by atoms with Crippen molar-refractivity contribution in [3.8, 4) is 5.88 Å². The van der Waals surface area contributed by atoms with Gasteiger partial charge in [-0.2, -0.15) is 4.52 Å². The standard InChI is InChI=1S/C16H20N6O2/c1-11-9-17-15(24-11)10-21-7-5-12(6-8-21)16-19-18-13-3-4-14(23-2)20-22(13)16/h3-4,9,12H,5-8,10H2,1-2H3. The summed E-state index contributed by atoms with van der Waals surface area (Å²) < 4.78 is 12.6. The fraction of sp³-hybridized carbons (Fsp3) is 0.500. The molecule has 1 aliphatic rings. The van der Waals surface area contributed by atoms with Gasteiger partial charge in [-0.15, -0.1) is 15.3 Å². The lowest BCUT2D eigenvalue weighted by Gasteiger charge is -2.29. The molecule has 0 radical (unpaired) electrons. The molecule has 0 aliphatic carbocycles. The van der Waals surface area contributed by atoms with Crippen LogP contribution in [0.2, 0.25) is 0 Å². The Morgan fingerprint density at radius 2 is 2.08 bits per heavy atom. The topological polar surface area (TPSA) is 81.6 Å². The van der Waals surface area contributed by atoms with Gasteiger partial charge in [-0.05, 0) is 38.9 Å². The molecule has 0 aromatic carbocycles. The monoisotopic (exact) mass is 328 g/mol. The smallest absolute Gasteiger partial charge is 0.231 e. The largest absolute Gasteiger partial charge is 0.480 e. The van der Waals surface area contributed by atoms with Crippen LogP contribution in [0, 0.1) is 6.92 Å². The van der Waals surface area contributed by atoms with Gasteiger partial charge in [0, 0.05) is 12.0 Å². The number of methoxy groups -OCH3 is 1. The van der Waals surface area contributed by atoms with Gasteiger partial charge in [0.15, 0.2) is 11.5 Å². The highest BCUT2D eigenvalue weighted by Crippen LogP contribution is 2.27. The van der Waals surface area contributed by atoms with Gasteiger partial charge in [0.05, 0.1) is 19.9 Å². The summed E-state index contributed by atoms with van der Waals surface area (Å²) >= 11 is 0. The first-order valence-electron chi connectivity index (χ1n) is 8.13. The Morgan fingerprint density at radius 3 is 2.79 bits per heavy atom. The second kappa shape index (κ2) is 6.20. The number of rotatable bonds is 4. The predicted molar refractivity (Wildman–Crippen MR) is 85.8 cm³/mol. The van der Waals surface area contributed by atoms with Gasteiger partial charge in [0.2, 0.25) is 11.8 Å². The van der Waals surface area contributed by atoms with Crippen LogP contribution >= 0.6 is 0 Å². The second-order valence-electron chi connectivity index (χ2n) is 6.12. The van der Waals surface area contributed by atoms with Crippen molar-refractivity contribution in [3.63, 3.8) is 0 Å². The number of aryl methyl sites for hydroxylation is 1. The molecule has 1 aliphatic heterocycles. The molecule has 126 valence electrons. The summed E-state index contributed by atoms with van der Waals surface area (Å²) in [7, 11) is 1.61. The quantitative estimate of drug-likeness (QED) is 0.722. The van der Waals surface area contributed by atoms with Crippen molar-refractivity contribution in [2.45, 2.75) is 32.2 Å².